The maximum Gasteiger partial charge on any atom is 0.243 e. The van der Waals surface area contributed by atoms with E-state index in [1.165, 1.54) is 4.31 Å². The molecule has 130 valence electrons. The molecule has 0 bridgehead atoms. The fraction of sp³-hybridized carbons (Fsp3) is 0.294. The molecule has 0 N–H and O–H groups in total. The summed E-state index contributed by atoms with van der Waals surface area (Å²) in [6.07, 6.45) is 1.60. The van der Waals surface area contributed by atoms with Crippen molar-refractivity contribution in [2.45, 2.75) is 11.8 Å². The van der Waals surface area contributed by atoms with Crippen molar-refractivity contribution < 1.29 is 8.42 Å². The van der Waals surface area contributed by atoms with Gasteiger partial charge in [-0.05, 0) is 42.8 Å². The molecular formula is C17H17BrN4O2S. The minimum atomic E-state index is -3.51. The van der Waals surface area contributed by atoms with Crippen molar-refractivity contribution in [1.82, 2.24) is 9.29 Å². The third kappa shape index (κ3) is 3.68. The second kappa shape index (κ2) is 7.12. The van der Waals surface area contributed by atoms with Gasteiger partial charge in [0.05, 0.1) is 16.5 Å². The molecule has 1 aliphatic heterocycles. The highest BCUT2D eigenvalue weighted by molar-refractivity contribution is 9.10. The summed E-state index contributed by atoms with van der Waals surface area (Å²) >= 11 is 3.39. The number of hydrogen-bond acceptors (Lipinski definition) is 5. The Morgan fingerprint density at radius 3 is 2.52 bits per heavy atom. The molecule has 2 heterocycles. The molecule has 1 saturated heterocycles. The first-order chi connectivity index (χ1) is 11.9. The zero-order valence-corrected chi connectivity index (χ0v) is 16.1. The van der Waals surface area contributed by atoms with Gasteiger partial charge in [-0.25, -0.2) is 13.4 Å². The van der Waals surface area contributed by atoms with Crippen LogP contribution in [0.15, 0.2) is 45.9 Å². The van der Waals surface area contributed by atoms with Crippen LogP contribution in [0.1, 0.15) is 11.1 Å². The van der Waals surface area contributed by atoms with Crippen LogP contribution in [0.4, 0.5) is 5.82 Å². The molecule has 0 radical (unpaired) electrons. The van der Waals surface area contributed by atoms with Crippen LogP contribution < -0.4 is 4.90 Å². The highest BCUT2D eigenvalue weighted by Gasteiger charge is 2.29. The molecule has 0 aliphatic carbocycles. The second-order valence-corrected chi connectivity index (χ2v) is 8.61. The number of aryl methyl sites for hydroxylation is 1. The van der Waals surface area contributed by atoms with Gasteiger partial charge >= 0.3 is 0 Å². The van der Waals surface area contributed by atoms with Crippen LogP contribution in [-0.2, 0) is 10.0 Å². The molecule has 1 aliphatic rings. The second-order valence-electron chi connectivity index (χ2n) is 5.82. The minimum Gasteiger partial charge on any atom is -0.354 e. The third-order valence-corrected chi connectivity index (χ3v) is 6.99. The minimum absolute atomic E-state index is 0.311. The lowest BCUT2D eigenvalue weighted by Gasteiger charge is -2.34. The summed E-state index contributed by atoms with van der Waals surface area (Å²) in [4.78, 5) is 6.59. The Labute approximate surface area is 155 Å². The number of pyridine rings is 1. The molecule has 25 heavy (non-hydrogen) atoms. The number of rotatable bonds is 3. The summed E-state index contributed by atoms with van der Waals surface area (Å²) in [5.41, 5.74) is 1.43. The summed E-state index contributed by atoms with van der Waals surface area (Å²) in [5, 5.41) is 8.99. The highest BCUT2D eigenvalue weighted by Crippen LogP contribution is 2.24. The molecule has 0 spiro atoms. The summed E-state index contributed by atoms with van der Waals surface area (Å²) in [7, 11) is -3.51. The molecule has 1 aromatic carbocycles. The van der Waals surface area contributed by atoms with E-state index in [4.69, 9.17) is 5.26 Å². The van der Waals surface area contributed by atoms with Crippen LogP contribution in [-0.4, -0.2) is 43.9 Å². The SMILES string of the molecule is Cc1cc(S(=O)(=O)N2CCN(c3cc(C#N)ccn3)CC2)ccc1Br. The van der Waals surface area contributed by atoms with E-state index >= 15 is 0 Å². The highest BCUT2D eigenvalue weighted by atomic mass is 79.9. The van der Waals surface area contributed by atoms with Crippen molar-refractivity contribution in [3.05, 3.63) is 52.1 Å². The first kappa shape index (κ1) is 17.9. The summed E-state index contributed by atoms with van der Waals surface area (Å²) in [5.74, 6) is 0.704. The molecule has 1 aromatic heterocycles. The Morgan fingerprint density at radius 2 is 1.88 bits per heavy atom. The number of halogens is 1. The smallest absolute Gasteiger partial charge is 0.243 e. The van der Waals surface area contributed by atoms with Crippen molar-refractivity contribution in [2.75, 3.05) is 31.1 Å². The Balaban J connectivity index is 1.75. The molecule has 0 unspecified atom stereocenters. The number of sulfonamides is 1. The largest absolute Gasteiger partial charge is 0.354 e. The summed E-state index contributed by atoms with van der Waals surface area (Å²) in [6, 6.07) is 10.5. The van der Waals surface area contributed by atoms with Gasteiger partial charge in [-0.3, -0.25) is 0 Å². The predicted octanol–water partition coefficient (Wildman–Crippen LogP) is 2.54. The molecular weight excluding hydrogens is 404 g/mol. The van der Waals surface area contributed by atoms with Gasteiger partial charge in [-0.15, -0.1) is 0 Å². The van der Waals surface area contributed by atoms with Crippen LogP contribution in [0, 0.1) is 18.3 Å². The van der Waals surface area contributed by atoms with Gasteiger partial charge in [-0.2, -0.15) is 9.57 Å². The molecule has 1 fully saturated rings. The molecule has 6 nitrogen and oxygen atoms in total. The maximum absolute atomic E-state index is 12.8. The molecule has 3 rings (SSSR count). The van der Waals surface area contributed by atoms with E-state index in [1.54, 1.807) is 36.5 Å². The Bertz CT molecular complexity index is 932. The standard InChI is InChI=1S/C17H17BrN4O2S/c1-13-10-15(2-3-16(13)18)25(23,24)22-8-6-21(7-9-22)17-11-14(12-19)4-5-20-17/h2-5,10-11H,6-9H2,1H3. The molecule has 0 saturated carbocycles. The van der Waals surface area contributed by atoms with Crippen LogP contribution in [0.3, 0.4) is 0 Å². The molecule has 0 atom stereocenters. The van der Waals surface area contributed by atoms with Gasteiger partial charge in [0.2, 0.25) is 10.0 Å². The lowest BCUT2D eigenvalue weighted by molar-refractivity contribution is 0.384. The maximum atomic E-state index is 12.8. The van der Waals surface area contributed by atoms with E-state index in [0.29, 0.717) is 42.5 Å². The molecule has 8 heteroatoms. The topological polar surface area (TPSA) is 77.3 Å². The average Bonchev–Trinajstić information content (AvgIpc) is 2.64. The van der Waals surface area contributed by atoms with E-state index in [1.807, 2.05) is 11.8 Å². The number of nitrogens with zero attached hydrogens (tertiary/aromatic N) is 4. The lowest BCUT2D eigenvalue weighted by atomic mass is 10.2. The average molecular weight is 421 g/mol. The zero-order chi connectivity index (χ0) is 18.0. The van der Waals surface area contributed by atoms with Crippen LogP contribution in [0.2, 0.25) is 0 Å². The van der Waals surface area contributed by atoms with Gasteiger partial charge in [0.25, 0.3) is 0 Å². The number of benzene rings is 1. The Hall–Kier alpha value is -1.95. The first-order valence-electron chi connectivity index (χ1n) is 7.79. The monoisotopic (exact) mass is 420 g/mol. The number of hydrogen-bond donors (Lipinski definition) is 0. The normalized spacial score (nSPS) is 15.8. The quantitative estimate of drug-likeness (QED) is 0.761. The summed E-state index contributed by atoms with van der Waals surface area (Å²) in [6.45, 7) is 3.72. The summed E-state index contributed by atoms with van der Waals surface area (Å²) < 4.78 is 28.0. The van der Waals surface area contributed by atoms with Gasteiger partial charge in [0, 0.05) is 36.8 Å². The van der Waals surface area contributed by atoms with E-state index < -0.39 is 10.0 Å². The first-order valence-corrected chi connectivity index (χ1v) is 10.0. The Kier molecular flexibility index (Phi) is 5.08. The zero-order valence-electron chi connectivity index (χ0n) is 13.7. The third-order valence-electron chi connectivity index (χ3n) is 4.20. The van der Waals surface area contributed by atoms with E-state index in [0.717, 1.165) is 10.0 Å². The van der Waals surface area contributed by atoms with Crippen molar-refractivity contribution in [2.24, 2.45) is 0 Å². The number of aromatic nitrogens is 1. The van der Waals surface area contributed by atoms with E-state index in [-0.39, 0.29) is 0 Å². The van der Waals surface area contributed by atoms with Crippen LogP contribution in [0.25, 0.3) is 0 Å². The van der Waals surface area contributed by atoms with Crippen molar-refractivity contribution >= 4 is 31.8 Å². The van der Waals surface area contributed by atoms with Gasteiger partial charge in [-0.1, -0.05) is 15.9 Å². The fourth-order valence-corrected chi connectivity index (χ4v) is 4.50. The number of piperazine rings is 1. The van der Waals surface area contributed by atoms with Crippen LogP contribution >= 0.6 is 15.9 Å². The number of anilines is 1. The van der Waals surface area contributed by atoms with Crippen molar-refractivity contribution in [1.29, 1.82) is 5.26 Å². The molecule has 0 amide bonds. The number of nitriles is 1. The Morgan fingerprint density at radius 1 is 1.16 bits per heavy atom. The lowest BCUT2D eigenvalue weighted by Crippen LogP contribution is -2.48. The van der Waals surface area contributed by atoms with Gasteiger partial charge in [0.15, 0.2) is 0 Å². The van der Waals surface area contributed by atoms with Crippen molar-refractivity contribution in [3.8, 4) is 6.07 Å². The van der Waals surface area contributed by atoms with E-state index in [9.17, 15) is 8.42 Å². The van der Waals surface area contributed by atoms with E-state index in [2.05, 4.69) is 27.0 Å². The van der Waals surface area contributed by atoms with Crippen molar-refractivity contribution in [3.63, 3.8) is 0 Å². The van der Waals surface area contributed by atoms with Gasteiger partial charge < -0.3 is 4.90 Å². The van der Waals surface area contributed by atoms with Gasteiger partial charge in [0.1, 0.15) is 5.82 Å². The fourth-order valence-electron chi connectivity index (χ4n) is 2.75. The predicted molar refractivity (Wildman–Crippen MR) is 98.8 cm³/mol. The van der Waals surface area contributed by atoms with Crippen LogP contribution in [0.5, 0.6) is 0 Å². The molecule has 2 aromatic rings.